The van der Waals surface area contributed by atoms with Gasteiger partial charge in [-0.2, -0.15) is 0 Å². The fourth-order valence-corrected chi connectivity index (χ4v) is 2.98. The first-order valence-electron chi connectivity index (χ1n) is 7.50. The third-order valence-electron chi connectivity index (χ3n) is 4.07. The van der Waals surface area contributed by atoms with Gasteiger partial charge >= 0.3 is 0 Å². The molecular formula is C16H26N2O. The number of nitrogens with one attached hydrogen (secondary N) is 1. The Labute approximate surface area is 116 Å². The van der Waals surface area contributed by atoms with E-state index in [0.717, 1.165) is 19.1 Å². The summed E-state index contributed by atoms with van der Waals surface area (Å²) in [5.74, 6) is 0.792. The predicted molar refractivity (Wildman–Crippen MR) is 78.1 cm³/mol. The number of ether oxygens (including phenoxy) is 1. The Morgan fingerprint density at radius 2 is 2.21 bits per heavy atom. The molecule has 2 rings (SSSR count). The molecule has 0 amide bonds. The standard InChI is InChI=1S/C16H26N2O/c1-4-18-16(15-11-17-7-6-12(15)3)10-13-8-14(9-13)19-5-2/h6-7,11,13-14,16,18H,4-5,8-10H2,1-3H3. The smallest absolute Gasteiger partial charge is 0.0580 e. The van der Waals surface area contributed by atoms with Crippen molar-refractivity contribution in [3.05, 3.63) is 29.6 Å². The third kappa shape index (κ3) is 3.77. The molecule has 1 aromatic rings. The second kappa shape index (κ2) is 7.01. The summed E-state index contributed by atoms with van der Waals surface area (Å²) in [6.07, 6.45) is 8.03. The van der Waals surface area contributed by atoms with E-state index in [2.05, 4.69) is 37.1 Å². The fraction of sp³-hybridized carbons (Fsp3) is 0.688. The van der Waals surface area contributed by atoms with Crippen molar-refractivity contribution in [2.24, 2.45) is 5.92 Å². The normalized spacial score (nSPS) is 23.9. The van der Waals surface area contributed by atoms with Gasteiger partial charge in [0.15, 0.2) is 0 Å². The molecule has 1 heterocycles. The van der Waals surface area contributed by atoms with E-state index in [1.165, 1.54) is 30.4 Å². The average molecular weight is 262 g/mol. The van der Waals surface area contributed by atoms with E-state index in [0.29, 0.717) is 12.1 Å². The van der Waals surface area contributed by atoms with Gasteiger partial charge in [0.2, 0.25) is 0 Å². The summed E-state index contributed by atoms with van der Waals surface area (Å²) in [7, 11) is 0. The highest BCUT2D eigenvalue weighted by atomic mass is 16.5. The Hall–Kier alpha value is -0.930. The lowest BCUT2D eigenvalue weighted by Gasteiger charge is -2.37. The van der Waals surface area contributed by atoms with Gasteiger partial charge < -0.3 is 10.1 Å². The van der Waals surface area contributed by atoms with Gasteiger partial charge in [-0.3, -0.25) is 4.98 Å². The van der Waals surface area contributed by atoms with Gasteiger partial charge in [-0.15, -0.1) is 0 Å². The van der Waals surface area contributed by atoms with Gasteiger partial charge in [0.25, 0.3) is 0 Å². The van der Waals surface area contributed by atoms with Crippen LogP contribution in [-0.4, -0.2) is 24.2 Å². The highest BCUT2D eigenvalue weighted by molar-refractivity contribution is 5.25. The average Bonchev–Trinajstić information content (AvgIpc) is 2.36. The first-order chi connectivity index (χ1) is 9.24. The van der Waals surface area contributed by atoms with E-state index in [-0.39, 0.29) is 0 Å². The summed E-state index contributed by atoms with van der Waals surface area (Å²) < 4.78 is 5.65. The van der Waals surface area contributed by atoms with Crippen molar-refractivity contribution in [2.45, 2.75) is 52.2 Å². The number of aromatic nitrogens is 1. The zero-order chi connectivity index (χ0) is 13.7. The molecule has 1 aliphatic rings. The quantitative estimate of drug-likeness (QED) is 0.819. The molecule has 1 N–H and O–H groups in total. The van der Waals surface area contributed by atoms with Crippen LogP contribution in [0.3, 0.4) is 0 Å². The van der Waals surface area contributed by atoms with Crippen LogP contribution in [0, 0.1) is 12.8 Å². The van der Waals surface area contributed by atoms with Crippen LogP contribution in [0.4, 0.5) is 0 Å². The lowest BCUT2D eigenvalue weighted by Crippen LogP contribution is -2.35. The molecule has 106 valence electrons. The SMILES string of the molecule is CCNC(CC1CC(OCC)C1)c1cnccc1C. The fourth-order valence-electron chi connectivity index (χ4n) is 2.98. The molecule has 19 heavy (non-hydrogen) atoms. The largest absolute Gasteiger partial charge is 0.378 e. The minimum absolute atomic E-state index is 0.436. The topological polar surface area (TPSA) is 34.1 Å². The van der Waals surface area contributed by atoms with E-state index < -0.39 is 0 Å². The molecule has 0 radical (unpaired) electrons. The predicted octanol–water partition coefficient (Wildman–Crippen LogP) is 3.25. The Balaban J connectivity index is 1.93. The summed E-state index contributed by atoms with van der Waals surface area (Å²) in [5.41, 5.74) is 2.69. The van der Waals surface area contributed by atoms with Gasteiger partial charge in [0.1, 0.15) is 0 Å². The summed E-state index contributed by atoms with van der Waals surface area (Å²) in [5, 5.41) is 3.60. The summed E-state index contributed by atoms with van der Waals surface area (Å²) >= 11 is 0. The van der Waals surface area contributed by atoms with E-state index in [4.69, 9.17) is 4.74 Å². The monoisotopic (exact) mass is 262 g/mol. The van der Waals surface area contributed by atoms with Crippen LogP contribution in [0.5, 0.6) is 0 Å². The van der Waals surface area contributed by atoms with Crippen LogP contribution in [-0.2, 0) is 4.74 Å². The number of aryl methyl sites for hydroxylation is 1. The molecule has 3 heteroatoms. The van der Waals surface area contributed by atoms with Crippen molar-refractivity contribution in [2.75, 3.05) is 13.2 Å². The maximum absolute atomic E-state index is 5.65. The zero-order valence-corrected chi connectivity index (χ0v) is 12.4. The Bertz CT molecular complexity index is 388. The molecule has 1 saturated carbocycles. The highest BCUT2D eigenvalue weighted by Gasteiger charge is 2.31. The maximum atomic E-state index is 5.65. The number of hydrogen-bond acceptors (Lipinski definition) is 3. The van der Waals surface area contributed by atoms with Crippen molar-refractivity contribution in [1.82, 2.24) is 10.3 Å². The van der Waals surface area contributed by atoms with Crippen molar-refractivity contribution < 1.29 is 4.74 Å². The number of nitrogens with zero attached hydrogens (tertiary/aromatic N) is 1. The van der Waals surface area contributed by atoms with E-state index in [1.807, 2.05) is 12.4 Å². The van der Waals surface area contributed by atoms with Crippen molar-refractivity contribution in [3.8, 4) is 0 Å². The Morgan fingerprint density at radius 1 is 1.42 bits per heavy atom. The Morgan fingerprint density at radius 3 is 2.84 bits per heavy atom. The van der Waals surface area contributed by atoms with E-state index in [1.54, 1.807) is 0 Å². The van der Waals surface area contributed by atoms with Crippen LogP contribution in [0.15, 0.2) is 18.5 Å². The lowest BCUT2D eigenvalue weighted by molar-refractivity contribution is -0.0291. The van der Waals surface area contributed by atoms with Gasteiger partial charge in [-0.25, -0.2) is 0 Å². The Kier molecular flexibility index (Phi) is 5.34. The van der Waals surface area contributed by atoms with Gasteiger partial charge in [-0.1, -0.05) is 6.92 Å². The first-order valence-corrected chi connectivity index (χ1v) is 7.50. The van der Waals surface area contributed by atoms with Crippen LogP contribution in [0.1, 0.15) is 50.3 Å². The summed E-state index contributed by atoms with van der Waals surface area (Å²) in [6, 6.07) is 2.54. The van der Waals surface area contributed by atoms with E-state index in [9.17, 15) is 0 Å². The van der Waals surface area contributed by atoms with Crippen LogP contribution in [0.25, 0.3) is 0 Å². The molecule has 1 atom stereocenters. The molecule has 0 saturated heterocycles. The molecular weight excluding hydrogens is 236 g/mol. The minimum Gasteiger partial charge on any atom is -0.378 e. The molecule has 1 unspecified atom stereocenters. The number of pyridine rings is 1. The lowest BCUT2D eigenvalue weighted by atomic mass is 9.77. The maximum Gasteiger partial charge on any atom is 0.0580 e. The van der Waals surface area contributed by atoms with Crippen LogP contribution < -0.4 is 5.32 Å². The second-order valence-corrected chi connectivity index (χ2v) is 5.49. The minimum atomic E-state index is 0.436. The van der Waals surface area contributed by atoms with Crippen molar-refractivity contribution in [3.63, 3.8) is 0 Å². The molecule has 0 aliphatic heterocycles. The molecule has 1 aromatic heterocycles. The van der Waals surface area contributed by atoms with E-state index >= 15 is 0 Å². The first kappa shape index (κ1) is 14.5. The molecule has 0 spiro atoms. The summed E-state index contributed by atoms with van der Waals surface area (Å²) in [6.45, 7) is 8.26. The van der Waals surface area contributed by atoms with Crippen LogP contribution in [0.2, 0.25) is 0 Å². The molecule has 3 nitrogen and oxygen atoms in total. The second-order valence-electron chi connectivity index (χ2n) is 5.49. The number of hydrogen-bond donors (Lipinski definition) is 1. The van der Waals surface area contributed by atoms with Crippen molar-refractivity contribution >= 4 is 0 Å². The molecule has 0 bridgehead atoms. The zero-order valence-electron chi connectivity index (χ0n) is 12.4. The van der Waals surface area contributed by atoms with Crippen molar-refractivity contribution in [1.29, 1.82) is 0 Å². The van der Waals surface area contributed by atoms with Gasteiger partial charge in [0, 0.05) is 25.0 Å². The van der Waals surface area contributed by atoms with Gasteiger partial charge in [-0.05, 0) is 62.8 Å². The molecule has 0 aromatic carbocycles. The summed E-state index contributed by atoms with van der Waals surface area (Å²) in [4.78, 5) is 4.28. The third-order valence-corrected chi connectivity index (χ3v) is 4.07. The van der Waals surface area contributed by atoms with Crippen LogP contribution >= 0.6 is 0 Å². The highest BCUT2D eigenvalue weighted by Crippen LogP contribution is 2.37. The number of rotatable bonds is 7. The van der Waals surface area contributed by atoms with Gasteiger partial charge in [0.05, 0.1) is 6.10 Å². The molecule has 1 fully saturated rings. The molecule has 1 aliphatic carbocycles.